The van der Waals surface area contributed by atoms with E-state index < -0.39 is 15.6 Å². The Bertz CT molecular complexity index is 796. The molecule has 0 bridgehead atoms. The summed E-state index contributed by atoms with van der Waals surface area (Å²) in [4.78, 5) is 11.4. The van der Waals surface area contributed by atoms with Gasteiger partial charge < -0.3 is 14.8 Å². The van der Waals surface area contributed by atoms with Crippen LogP contribution in [0, 0.1) is 0 Å². The van der Waals surface area contributed by atoms with Crippen molar-refractivity contribution < 1.29 is 22.7 Å². The molecule has 0 fully saturated rings. The summed E-state index contributed by atoms with van der Waals surface area (Å²) >= 11 is 0. The molecule has 1 amide bonds. The molecule has 25 heavy (non-hydrogen) atoms. The molecule has 1 aromatic carbocycles. The van der Waals surface area contributed by atoms with E-state index in [9.17, 15) is 18.3 Å². The van der Waals surface area contributed by atoms with Gasteiger partial charge in [0.1, 0.15) is 5.76 Å². The van der Waals surface area contributed by atoms with E-state index in [1.165, 1.54) is 37.5 Å². The average Bonchev–Trinajstić information content (AvgIpc) is 3.06. The number of amides is 1. The first kappa shape index (κ1) is 19.2. The number of benzene rings is 1. The first-order chi connectivity index (χ1) is 11.7. The number of anilines is 1. The molecule has 0 aliphatic rings. The van der Waals surface area contributed by atoms with E-state index in [0.29, 0.717) is 17.9 Å². The van der Waals surface area contributed by atoms with Gasteiger partial charge in [-0.1, -0.05) is 6.92 Å². The van der Waals surface area contributed by atoms with Crippen LogP contribution in [0.2, 0.25) is 0 Å². The van der Waals surface area contributed by atoms with E-state index >= 15 is 0 Å². The summed E-state index contributed by atoms with van der Waals surface area (Å²) in [5.74, 6) is 0.419. The van der Waals surface area contributed by atoms with Crippen LogP contribution >= 0.6 is 0 Å². The number of carbonyl (C=O) groups is 1. The van der Waals surface area contributed by atoms with Crippen LogP contribution in [-0.4, -0.2) is 31.6 Å². The van der Waals surface area contributed by atoms with Crippen LogP contribution in [-0.2, 0) is 21.2 Å². The largest absolute Gasteiger partial charge is 0.469 e. The molecule has 2 aromatic rings. The highest BCUT2D eigenvalue weighted by atomic mass is 32.2. The summed E-state index contributed by atoms with van der Waals surface area (Å²) in [6, 6.07) is 9.25. The van der Waals surface area contributed by atoms with Crippen LogP contribution < -0.4 is 10.0 Å². The SMILES string of the molecule is CCC(=O)Nc1ccc(S(=O)(=O)NCC(C)(O)Cc2ccco2)cc1. The number of hydrogen-bond donors (Lipinski definition) is 3. The molecule has 1 atom stereocenters. The second-order valence-corrected chi connectivity index (χ2v) is 7.77. The highest BCUT2D eigenvalue weighted by molar-refractivity contribution is 7.89. The molecule has 8 heteroatoms. The Labute approximate surface area is 147 Å². The van der Waals surface area contributed by atoms with Crippen LogP contribution in [0.25, 0.3) is 0 Å². The van der Waals surface area contributed by atoms with Crippen molar-refractivity contribution in [3.8, 4) is 0 Å². The molecular formula is C17H22N2O5S. The topological polar surface area (TPSA) is 109 Å². The Morgan fingerprint density at radius 1 is 1.24 bits per heavy atom. The Morgan fingerprint density at radius 2 is 1.92 bits per heavy atom. The summed E-state index contributed by atoms with van der Waals surface area (Å²) in [6.07, 6.45) is 2.02. The van der Waals surface area contributed by atoms with Gasteiger partial charge in [0.05, 0.1) is 16.8 Å². The molecular weight excluding hydrogens is 344 g/mol. The third kappa shape index (κ3) is 5.70. The number of nitrogens with one attached hydrogen (secondary N) is 2. The minimum atomic E-state index is -3.78. The lowest BCUT2D eigenvalue weighted by Crippen LogP contribution is -2.42. The maximum Gasteiger partial charge on any atom is 0.240 e. The number of rotatable bonds is 8. The van der Waals surface area contributed by atoms with Gasteiger partial charge in [0.15, 0.2) is 0 Å². The predicted octanol–water partition coefficient (Wildman–Crippen LogP) is 1.90. The van der Waals surface area contributed by atoms with E-state index in [2.05, 4.69) is 10.0 Å². The van der Waals surface area contributed by atoms with Crippen molar-refractivity contribution in [3.63, 3.8) is 0 Å². The third-order valence-electron chi connectivity index (χ3n) is 3.55. The molecule has 0 saturated heterocycles. The molecule has 136 valence electrons. The molecule has 1 unspecified atom stereocenters. The molecule has 0 spiro atoms. The fourth-order valence-corrected chi connectivity index (χ4v) is 3.31. The Hall–Kier alpha value is -2.16. The summed E-state index contributed by atoms with van der Waals surface area (Å²) in [5.41, 5.74) is -0.768. The first-order valence-electron chi connectivity index (χ1n) is 7.86. The van der Waals surface area contributed by atoms with Crippen LogP contribution in [0.5, 0.6) is 0 Å². The van der Waals surface area contributed by atoms with Crippen LogP contribution in [0.1, 0.15) is 26.0 Å². The van der Waals surface area contributed by atoms with Gasteiger partial charge in [-0.15, -0.1) is 0 Å². The van der Waals surface area contributed by atoms with Crippen LogP contribution in [0.4, 0.5) is 5.69 Å². The smallest absolute Gasteiger partial charge is 0.240 e. The third-order valence-corrected chi connectivity index (χ3v) is 4.96. The highest BCUT2D eigenvalue weighted by Crippen LogP contribution is 2.17. The van der Waals surface area contributed by atoms with Crippen molar-refractivity contribution in [2.75, 3.05) is 11.9 Å². The lowest BCUT2D eigenvalue weighted by molar-refractivity contribution is -0.115. The summed E-state index contributed by atoms with van der Waals surface area (Å²) in [5, 5.41) is 13.0. The molecule has 1 heterocycles. The standard InChI is InChI=1S/C17H22N2O5S/c1-3-16(20)19-13-6-8-15(9-7-13)25(22,23)18-12-17(2,21)11-14-5-4-10-24-14/h4-10,18,21H,3,11-12H2,1-2H3,(H,19,20). The Kier molecular flexibility index (Phi) is 5.99. The fourth-order valence-electron chi connectivity index (χ4n) is 2.15. The number of carbonyl (C=O) groups excluding carboxylic acids is 1. The zero-order valence-electron chi connectivity index (χ0n) is 14.2. The maximum absolute atomic E-state index is 12.3. The molecule has 2 rings (SSSR count). The van der Waals surface area contributed by atoms with Crippen molar-refractivity contribution >= 4 is 21.6 Å². The zero-order valence-corrected chi connectivity index (χ0v) is 15.0. The van der Waals surface area contributed by atoms with Crippen molar-refractivity contribution in [2.45, 2.75) is 37.2 Å². The summed E-state index contributed by atoms with van der Waals surface area (Å²) in [7, 11) is -3.78. The van der Waals surface area contributed by atoms with Gasteiger partial charge >= 0.3 is 0 Å². The predicted molar refractivity (Wildman–Crippen MR) is 93.6 cm³/mol. The van der Waals surface area contributed by atoms with Crippen molar-refractivity contribution in [3.05, 3.63) is 48.4 Å². The van der Waals surface area contributed by atoms with Gasteiger partial charge in [0.25, 0.3) is 0 Å². The molecule has 0 aliphatic heterocycles. The number of hydrogen-bond acceptors (Lipinski definition) is 5. The molecule has 0 radical (unpaired) electrons. The lowest BCUT2D eigenvalue weighted by Gasteiger charge is -2.22. The maximum atomic E-state index is 12.3. The fraction of sp³-hybridized carbons (Fsp3) is 0.353. The Morgan fingerprint density at radius 3 is 2.48 bits per heavy atom. The monoisotopic (exact) mass is 366 g/mol. The second-order valence-electron chi connectivity index (χ2n) is 6.00. The van der Waals surface area contributed by atoms with E-state index in [0.717, 1.165) is 0 Å². The van der Waals surface area contributed by atoms with Gasteiger partial charge in [0, 0.05) is 25.1 Å². The molecule has 0 aliphatic carbocycles. The van der Waals surface area contributed by atoms with Crippen molar-refractivity contribution in [2.24, 2.45) is 0 Å². The van der Waals surface area contributed by atoms with Crippen molar-refractivity contribution in [1.82, 2.24) is 4.72 Å². The van der Waals surface area contributed by atoms with Crippen molar-refractivity contribution in [1.29, 1.82) is 0 Å². The summed E-state index contributed by atoms with van der Waals surface area (Å²) < 4.78 is 32.2. The zero-order chi connectivity index (χ0) is 18.5. The van der Waals surface area contributed by atoms with E-state index in [-0.39, 0.29) is 23.8 Å². The van der Waals surface area contributed by atoms with Gasteiger partial charge in [-0.3, -0.25) is 4.79 Å². The average molecular weight is 366 g/mol. The molecule has 3 N–H and O–H groups in total. The van der Waals surface area contributed by atoms with Gasteiger partial charge in [-0.05, 0) is 43.3 Å². The Balaban J connectivity index is 1.99. The van der Waals surface area contributed by atoms with E-state index in [4.69, 9.17) is 4.42 Å². The highest BCUT2D eigenvalue weighted by Gasteiger charge is 2.25. The van der Waals surface area contributed by atoms with E-state index in [1.807, 2.05) is 0 Å². The van der Waals surface area contributed by atoms with Gasteiger partial charge in [-0.2, -0.15) is 0 Å². The van der Waals surface area contributed by atoms with E-state index in [1.54, 1.807) is 19.1 Å². The molecule has 0 saturated carbocycles. The number of aliphatic hydroxyl groups is 1. The lowest BCUT2D eigenvalue weighted by atomic mass is 10.0. The number of furan rings is 1. The normalized spacial score (nSPS) is 14.0. The van der Waals surface area contributed by atoms with Gasteiger partial charge in [0.2, 0.25) is 15.9 Å². The number of sulfonamides is 1. The minimum absolute atomic E-state index is 0.0517. The summed E-state index contributed by atoms with van der Waals surface area (Å²) in [6.45, 7) is 3.10. The molecule has 7 nitrogen and oxygen atoms in total. The molecule has 1 aromatic heterocycles. The van der Waals surface area contributed by atoms with Crippen LogP contribution in [0.15, 0.2) is 52.0 Å². The quantitative estimate of drug-likeness (QED) is 0.661. The van der Waals surface area contributed by atoms with Gasteiger partial charge in [-0.25, -0.2) is 13.1 Å². The second kappa shape index (κ2) is 7.81. The minimum Gasteiger partial charge on any atom is -0.469 e. The van der Waals surface area contributed by atoms with Crippen LogP contribution in [0.3, 0.4) is 0 Å². The first-order valence-corrected chi connectivity index (χ1v) is 9.34.